The summed E-state index contributed by atoms with van der Waals surface area (Å²) in [6.07, 6.45) is 0. The third-order valence-electron chi connectivity index (χ3n) is 3.59. The van der Waals surface area contributed by atoms with Crippen LogP contribution < -0.4 is 5.76 Å². The second kappa shape index (κ2) is 6.02. The van der Waals surface area contributed by atoms with Crippen molar-refractivity contribution in [2.45, 2.75) is 13.0 Å². The van der Waals surface area contributed by atoms with Crippen LogP contribution in [-0.2, 0) is 0 Å². The van der Waals surface area contributed by atoms with Crippen LogP contribution in [0, 0.1) is 0 Å². The molecule has 0 aliphatic carbocycles. The van der Waals surface area contributed by atoms with E-state index in [1.165, 1.54) is 4.57 Å². The zero-order chi connectivity index (χ0) is 15.5. The average Bonchev–Trinajstić information content (AvgIpc) is 2.93. The maximum Gasteiger partial charge on any atom is 0.420 e. The average molecular weight is 297 g/mol. The highest BCUT2D eigenvalue weighted by Crippen LogP contribution is 2.33. The van der Waals surface area contributed by atoms with E-state index in [4.69, 9.17) is 4.42 Å². The van der Waals surface area contributed by atoms with Crippen LogP contribution in [0.15, 0.2) is 69.9 Å². The van der Waals surface area contributed by atoms with E-state index in [9.17, 15) is 9.18 Å². The van der Waals surface area contributed by atoms with Gasteiger partial charge in [-0.25, -0.2) is 9.18 Å². The fourth-order valence-corrected chi connectivity index (χ4v) is 2.51. The molecule has 3 aromatic rings. The molecule has 0 bridgehead atoms. The molecule has 3 rings (SSSR count). The fraction of sp³-hybridized carbons (Fsp3) is 0.167. The Balaban J connectivity index is 2.30. The van der Waals surface area contributed by atoms with E-state index in [1.807, 2.05) is 60.7 Å². The predicted molar refractivity (Wildman–Crippen MR) is 84.5 cm³/mol. The summed E-state index contributed by atoms with van der Waals surface area (Å²) in [6.45, 7) is 1.03. The number of benzene rings is 2. The fourth-order valence-electron chi connectivity index (χ4n) is 2.51. The molecule has 112 valence electrons. The van der Waals surface area contributed by atoms with Crippen molar-refractivity contribution < 1.29 is 8.81 Å². The molecule has 0 fully saturated rings. The highest BCUT2D eigenvalue weighted by Gasteiger charge is 2.22. The van der Waals surface area contributed by atoms with E-state index in [-0.39, 0.29) is 0 Å². The third-order valence-corrected chi connectivity index (χ3v) is 3.59. The van der Waals surface area contributed by atoms with Gasteiger partial charge in [-0.3, -0.25) is 4.57 Å². The van der Waals surface area contributed by atoms with Crippen molar-refractivity contribution >= 4 is 0 Å². The molecule has 0 saturated heterocycles. The van der Waals surface area contributed by atoms with Gasteiger partial charge in [-0.2, -0.15) is 0 Å². The van der Waals surface area contributed by atoms with Crippen molar-refractivity contribution in [3.8, 4) is 22.6 Å². The number of alkyl halides is 1. The molecule has 0 saturated carbocycles. The number of halogens is 1. The molecule has 0 amide bonds. The summed E-state index contributed by atoms with van der Waals surface area (Å²) in [5.74, 6) is -0.0695. The van der Waals surface area contributed by atoms with Crippen LogP contribution in [-0.4, -0.2) is 11.2 Å². The minimum absolute atomic E-state index is 0.470. The number of oxazole rings is 1. The second-order valence-corrected chi connectivity index (χ2v) is 5.15. The molecule has 0 radical (unpaired) electrons. The monoisotopic (exact) mass is 297 g/mol. The van der Waals surface area contributed by atoms with Crippen LogP contribution in [0.1, 0.15) is 13.0 Å². The highest BCUT2D eigenvalue weighted by molar-refractivity contribution is 5.77. The molecule has 1 aromatic heterocycles. The van der Waals surface area contributed by atoms with Gasteiger partial charge < -0.3 is 4.42 Å². The van der Waals surface area contributed by atoms with Crippen LogP contribution in [0.4, 0.5) is 4.39 Å². The Kier molecular flexibility index (Phi) is 3.92. The first-order valence-corrected chi connectivity index (χ1v) is 7.14. The molecular formula is C18H16FNO2. The van der Waals surface area contributed by atoms with Gasteiger partial charge in [-0.1, -0.05) is 60.7 Å². The standard InChI is InChI=1S/C18H16FNO2/c1-13(12-19)20-16(14-8-4-2-5-9-14)17(22-18(20)21)15-10-6-3-7-11-15/h2-11,13H,12H2,1H3/t13-/m0/s1. The molecule has 0 aliphatic heterocycles. The van der Waals surface area contributed by atoms with Crippen LogP contribution in [0.25, 0.3) is 22.6 Å². The van der Waals surface area contributed by atoms with Gasteiger partial charge in [0.25, 0.3) is 0 Å². The Bertz CT molecular complexity index is 806. The molecule has 3 nitrogen and oxygen atoms in total. The van der Waals surface area contributed by atoms with Gasteiger partial charge in [-0.05, 0) is 6.92 Å². The van der Waals surface area contributed by atoms with E-state index in [1.54, 1.807) is 6.92 Å². The van der Waals surface area contributed by atoms with Crippen molar-refractivity contribution in [2.75, 3.05) is 6.67 Å². The first-order valence-electron chi connectivity index (χ1n) is 7.14. The summed E-state index contributed by atoms with van der Waals surface area (Å²) in [4.78, 5) is 12.2. The van der Waals surface area contributed by atoms with Crippen molar-refractivity contribution in [3.05, 3.63) is 71.2 Å². The van der Waals surface area contributed by atoms with Gasteiger partial charge in [0.15, 0.2) is 5.76 Å². The van der Waals surface area contributed by atoms with Crippen molar-refractivity contribution in [2.24, 2.45) is 0 Å². The quantitative estimate of drug-likeness (QED) is 0.719. The van der Waals surface area contributed by atoms with Crippen LogP contribution in [0.5, 0.6) is 0 Å². The lowest BCUT2D eigenvalue weighted by Crippen LogP contribution is -2.20. The largest absolute Gasteiger partial charge is 0.420 e. The lowest BCUT2D eigenvalue weighted by atomic mass is 10.1. The summed E-state index contributed by atoms with van der Waals surface area (Å²) in [5, 5.41) is 0. The summed E-state index contributed by atoms with van der Waals surface area (Å²) in [6, 6.07) is 18.2. The first kappa shape index (κ1) is 14.3. The minimum Gasteiger partial charge on any atom is -0.407 e. The number of nitrogens with zero attached hydrogens (tertiary/aromatic N) is 1. The van der Waals surface area contributed by atoms with Crippen LogP contribution in [0.2, 0.25) is 0 Å². The SMILES string of the molecule is C[C@@H](CF)n1c(-c2ccccc2)c(-c2ccccc2)oc1=O. The Labute approximate surface area is 127 Å². The molecule has 4 heteroatoms. The molecule has 0 N–H and O–H groups in total. The molecule has 2 aromatic carbocycles. The summed E-state index contributed by atoms with van der Waals surface area (Å²) < 4.78 is 20.0. The molecule has 1 heterocycles. The van der Waals surface area contributed by atoms with E-state index < -0.39 is 18.5 Å². The lowest BCUT2D eigenvalue weighted by molar-refractivity contribution is 0.355. The molecule has 22 heavy (non-hydrogen) atoms. The van der Waals surface area contributed by atoms with Gasteiger partial charge in [0, 0.05) is 11.1 Å². The molecular weight excluding hydrogens is 281 g/mol. The highest BCUT2D eigenvalue weighted by atomic mass is 19.1. The van der Waals surface area contributed by atoms with Crippen molar-refractivity contribution in [1.82, 2.24) is 4.57 Å². The van der Waals surface area contributed by atoms with Crippen LogP contribution in [0.3, 0.4) is 0 Å². The summed E-state index contributed by atoms with van der Waals surface area (Å²) in [5.41, 5.74) is 2.23. The number of hydrogen-bond donors (Lipinski definition) is 0. The van der Waals surface area contributed by atoms with Crippen molar-refractivity contribution in [1.29, 1.82) is 0 Å². The minimum atomic E-state index is -0.631. The van der Waals surface area contributed by atoms with E-state index in [0.717, 1.165) is 11.1 Å². The van der Waals surface area contributed by atoms with Gasteiger partial charge in [-0.15, -0.1) is 0 Å². The summed E-state index contributed by atoms with van der Waals surface area (Å²) >= 11 is 0. The molecule has 0 aliphatic rings. The number of hydrogen-bond acceptors (Lipinski definition) is 2. The van der Waals surface area contributed by atoms with Crippen LogP contribution >= 0.6 is 0 Å². The molecule has 0 spiro atoms. The smallest absolute Gasteiger partial charge is 0.407 e. The first-order chi connectivity index (χ1) is 10.7. The Morgan fingerprint density at radius 1 is 1.00 bits per heavy atom. The Hall–Kier alpha value is -2.62. The van der Waals surface area contributed by atoms with E-state index in [0.29, 0.717) is 11.5 Å². The van der Waals surface area contributed by atoms with Gasteiger partial charge in [0.2, 0.25) is 0 Å². The van der Waals surface area contributed by atoms with Gasteiger partial charge in [0.1, 0.15) is 6.67 Å². The van der Waals surface area contributed by atoms with Gasteiger partial charge in [0.05, 0.1) is 11.7 Å². The third kappa shape index (κ3) is 2.48. The van der Waals surface area contributed by atoms with E-state index in [2.05, 4.69) is 0 Å². The van der Waals surface area contributed by atoms with Crippen molar-refractivity contribution in [3.63, 3.8) is 0 Å². The maximum atomic E-state index is 13.2. The Morgan fingerprint density at radius 3 is 2.09 bits per heavy atom. The Morgan fingerprint density at radius 2 is 1.55 bits per heavy atom. The maximum absolute atomic E-state index is 13.2. The lowest BCUT2D eigenvalue weighted by Gasteiger charge is -2.12. The summed E-state index contributed by atoms with van der Waals surface area (Å²) in [7, 11) is 0. The second-order valence-electron chi connectivity index (χ2n) is 5.15. The molecule has 1 atom stereocenters. The van der Waals surface area contributed by atoms with E-state index >= 15 is 0 Å². The van der Waals surface area contributed by atoms with Gasteiger partial charge >= 0.3 is 5.76 Å². The zero-order valence-corrected chi connectivity index (χ0v) is 12.2. The molecule has 0 unspecified atom stereocenters. The normalized spacial score (nSPS) is 12.3. The zero-order valence-electron chi connectivity index (χ0n) is 12.2. The predicted octanol–water partition coefficient (Wildman–Crippen LogP) is 4.31. The number of aromatic nitrogens is 1. The topological polar surface area (TPSA) is 35.1 Å². The number of rotatable bonds is 4.